The Bertz CT molecular complexity index is 136. The van der Waals surface area contributed by atoms with Crippen LogP contribution in [0.4, 0.5) is 0 Å². The summed E-state index contributed by atoms with van der Waals surface area (Å²) >= 11 is 0. The van der Waals surface area contributed by atoms with E-state index in [-0.39, 0.29) is 0 Å². The summed E-state index contributed by atoms with van der Waals surface area (Å²) in [6.45, 7) is 0. The minimum absolute atomic E-state index is 0.958. The van der Waals surface area contributed by atoms with Crippen LogP contribution in [-0.4, -0.2) is 0 Å². The summed E-state index contributed by atoms with van der Waals surface area (Å²) in [5.74, 6) is 11.1. The zero-order valence-electron chi connectivity index (χ0n) is 3.99. The predicted octanol–water partition coefficient (Wildman–Crippen LogP) is 0.991. The summed E-state index contributed by atoms with van der Waals surface area (Å²) < 4.78 is 0. The second-order valence-corrected chi connectivity index (χ2v) is 1.31. The van der Waals surface area contributed by atoms with Crippen molar-refractivity contribution in [1.82, 2.24) is 0 Å². The Kier molecular flexibility index (Phi) is 1.42. The largest absolute Gasteiger partial charge is 0.0891 e. The summed E-state index contributed by atoms with van der Waals surface area (Å²) in [7, 11) is 0. The molecule has 0 atom stereocenters. The summed E-state index contributed by atoms with van der Waals surface area (Å²) in [5, 5.41) is 0. The van der Waals surface area contributed by atoms with Crippen LogP contribution in [0.2, 0.25) is 0 Å². The maximum Gasteiger partial charge on any atom is 0.0360 e. The molecule has 0 fully saturated rings. The standard InChI is InChI=1S/C7H5/c1-2-4-6-7-5-3-1/h1H,2,4H2. The highest BCUT2D eigenvalue weighted by atomic mass is 13.8. The molecule has 1 aliphatic carbocycles. The maximum absolute atomic E-state index is 2.89. The summed E-state index contributed by atoms with van der Waals surface area (Å²) in [4.78, 5) is 0. The smallest absolute Gasteiger partial charge is 0.0360 e. The maximum atomic E-state index is 2.89. The summed E-state index contributed by atoms with van der Waals surface area (Å²) in [6.07, 6.45) is 3.92. The van der Waals surface area contributed by atoms with Crippen LogP contribution in [-0.2, 0) is 0 Å². The topological polar surface area (TPSA) is 0 Å². The number of hydrogen-bond donors (Lipinski definition) is 0. The fraction of sp³-hybridized carbons (Fsp3) is 0.286. The van der Waals surface area contributed by atoms with Gasteiger partial charge < -0.3 is 0 Å². The molecule has 7 heavy (non-hydrogen) atoms. The quantitative estimate of drug-likeness (QED) is 0.388. The zero-order valence-corrected chi connectivity index (χ0v) is 3.99. The highest BCUT2D eigenvalue weighted by Gasteiger charge is 1.80. The second-order valence-electron chi connectivity index (χ2n) is 1.31. The van der Waals surface area contributed by atoms with Crippen LogP contribution in [0.1, 0.15) is 12.8 Å². The average molecular weight is 89.1 g/mol. The first-order valence-electron chi connectivity index (χ1n) is 2.30. The van der Waals surface area contributed by atoms with E-state index >= 15 is 0 Å². The predicted molar refractivity (Wildman–Crippen MR) is 29.1 cm³/mol. The molecule has 0 amide bonds. The third-order valence-electron chi connectivity index (χ3n) is 0.739. The lowest BCUT2D eigenvalue weighted by molar-refractivity contribution is 1.05. The van der Waals surface area contributed by atoms with Gasteiger partial charge >= 0.3 is 0 Å². The Balaban J connectivity index is 2.59. The molecule has 0 nitrogen and oxygen atoms in total. The van der Waals surface area contributed by atoms with Gasteiger partial charge in [0.15, 0.2) is 0 Å². The third-order valence-corrected chi connectivity index (χ3v) is 0.739. The lowest BCUT2D eigenvalue weighted by atomic mass is 10.3. The molecule has 0 N–H and O–H groups in total. The van der Waals surface area contributed by atoms with E-state index in [1.165, 1.54) is 0 Å². The highest BCUT2D eigenvalue weighted by Crippen LogP contribution is 1.91. The third kappa shape index (κ3) is 1.33. The minimum atomic E-state index is 0.958. The normalized spacial score (nSPS) is 14.9. The first kappa shape index (κ1) is 4.28. The van der Waals surface area contributed by atoms with Crippen molar-refractivity contribution in [2.24, 2.45) is 0 Å². The Labute approximate surface area is 43.9 Å². The molecule has 1 radical (unpaired) electrons. The first-order chi connectivity index (χ1) is 3.50. The van der Waals surface area contributed by atoms with E-state index in [1.54, 1.807) is 0 Å². The van der Waals surface area contributed by atoms with E-state index in [4.69, 9.17) is 0 Å². The molecule has 0 saturated heterocycles. The minimum Gasteiger partial charge on any atom is -0.0891 e. The van der Waals surface area contributed by atoms with Crippen LogP contribution in [0.15, 0.2) is 0 Å². The molecule has 0 unspecified atom stereocenters. The molecule has 0 aliphatic heterocycles. The van der Waals surface area contributed by atoms with Crippen molar-refractivity contribution in [3.05, 3.63) is 6.42 Å². The van der Waals surface area contributed by atoms with E-state index in [0.717, 1.165) is 12.8 Å². The molecule has 0 heterocycles. The van der Waals surface area contributed by atoms with Gasteiger partial charge in [-0.05, 0) is 18.3 Å². The van der Waals surface area contributed by atoms with E-state index in [1.807, 2.05) is 6.42 Å². The molecule has 0 bridgehead atoms. The van der Waals surface area contributed by atoms with Crippen molar-refractivity contribution < 1.29 is 0 Å². The molecule has 1 aliphatic rings. The van der Waals surface area contributed by atoms with Gasteiger partial charge in [0.25, 0.3) is 0 Å². The molecule has 33 valence electrons. The van der Waals surface area contributed by atoms with Gasteiger partial charge in [0, 0.05) is 12.8 Å². The van der Waals surface area contributed by atoms with Crippen LogP contribution < -0.4 is 0 Å². The first-order valence-corrected chi connectivity index (χ1v) is 2.30. The van der Waals surface area contributed by atoms with Crippen LogP contribution in [0.5, 0.6) is 0 Å². The second kappa shape index (κ2) is 2.32. The lowest BCUT2D eigenvalue weighted by Crippen LogP contribution is -1.65. The van der Waals surface area contributed by atoms with Crippen molar-refractivity contribution in [2.75, 3.05) is 0 Å². The van der Waals surface area contributed by atoms with Crippen molar-refractivity contribution >= 4 is 0 Å². The van der Waals surface area contributed by atoms with Gasteiger partial charge in [-0.25, -0.2) is 0 Å². The molecule has 0 aromatic rings. The van der Waals surface area contributed by atoms with Crippen molar-refractivity contribution in [3.8, 4) is 23.7 Å². The van der Waals surface area contributed by atoms with Gasteiger partial charge in [-0.2, -0.15) is 0 Å². The van der Waals surface area contributed by atoms with E-state index in [9.17, 15) is 0 Å². The van der Waals surface area contributed by atoms with Crippen molar-refractivity contribution in [2.45, 2.75) is 12.8 Å². The van der Waals surface area contributed by atoms with Crippen molar-refractivity contribution in [1.29, 1.82) is 0 Å². The van der Waals surface area contributed by atoms with E-state index < -0.39 is 0 Å². The van der Waals surface area contributed by atoms with Crippen LogP contribution in [0, 0.1) is 30.1 Å². The highest BCUT2D eigenvalue weighted by molar-refractivity contribution is 5.31. The summed E-state index contributed by atoms with van der Waals surface area (Å²) in [6, 6.07) is 0. The van der Waals surface area contributed by atoms with E-state index in [2.05, 4.69) is 23.7 Å². The molecular formula is C7H5. The van der Waals surface area contributed by atoms with Crippen molar-refractivity contribution in [3.63, 3.8) is 0 Å². The van der Waals surface area contributed by atoms with Gasteiger partial charge in [-0.15, -0.1) is 0 Å². The Hall–Kier alpha value is -0.880. The Morgan fingerprint density at radius 1 is 1.29 bits per heavy atom. The van der Waals surface area contributed by atoms with E-state index in [0.29, 0.717) is 0 Å². The molecular weight excluding hydrogens is 84.1 g/mol. The number of rotatable bonds is 0. The van der Waals surface area contributed by atoms with Gasteiger partial charge in [-0.3, -0.25) is 0 Å². The fourth-order valence-corrected chi connectivity index (χ4v) is 0.410. The monoisotopic (exact) mass is 89.0 g/mol. The number of hydrogen-bond acceptors (Lipinski definition) is 0. The van der Waals surface area contributed by atoms with Crippen LogP contribution >= 0.6 is 0 Å². The molecule has 0 aromatic heterocycles. The fourth-order valence-electron chi connectivity index (χ4n) is 0.410. The average Bonchev–Trinajstić information content (AvgIpc) is 1.90. The Morgan fingerprint density at radius 3 is 3.29 bits per heavy atom. The van der Waals surface area contributed by atoms with Crippen LogP contribution in [0.25, 0.3) is 0 Å². The molecule has 1 rings (SSSR count). The molecule has 0 aromatic carbocycles. The van der Waals surface area contributed by atoms with Crippen LogP contribution in [0.3, 0.4) is 0 Å². The zero-order chi connectivity index (χ0) is 4.95. The van der Waals surface area contributed by atoms with Gasteiger partial charge in [0.2, 0.25) is 0 Å². The lowest BCUT2D eigenvalue weighted by Gasteiger charge is -1.77. The Morgan fingerprint density at radius 2 is 2.29 bits per heavy atom. The summed E-state index contributed by atoms with van der Waals surface area (Å²) in [5.41, 5.74) is 0. The SMILES string of the molecule is C1#C[CH]CCC#C1. The molecule has 0 saturated carbocycles. The molecule has 0 heteroatoms. The molecule has 0 spiro atoms. The van der Waals surface area contributed by atoms with Gasteiger partial charge in [0.1, 0.15) is 0 Å². The van der Waals surface area contributed by atoms with Gasteiger partial charge in [-0.1, -0.05) is 11.8 Å². The van der Waals surface area contributed by atoms with Gasteiger partial charge in [0.05, 0.1) is 0 Å².